The summed E-state index contributed by atoms with van der Waals surface area (Å²) in [6.45, 7) is 0.350. The Hall–Kier alpha value is -1.03. The van der Waals surface area contributed by atoms with Gasteiger partial charge in [0.2, 0.25) is 5.13 Å². The van der Waals surface area contributed by atoms with Gasteiger partial charge in [0.1, 0.15) is 10.4 Å². The average Bonchev–Trinajstić information content (AvgIpc) is 2.80. The summed E-state index contributed by atoms with van der Waals surface area (Å²) in [7, 11) is -3.67. The van der Waals surface area contributed by atoms with E-state index in [1.807, 2.05) is 0 Å². The SMILES string of the molecule is NCc1ccc(S(=O)(=O)Nc2nncs2)c(Br)c1. The first-order valence-electron chi connectivity index (χ1n) is 4.80. The number of nitrogens with zero attached hydrogens (tertiary/aromatic N) is 2. The van der Waals surface area contributed by atoms with E-state index in [9.17, 15) is 8.42 Å². The van der Waals surface area contributed by atoms with Crippen LogP contribution in [-0.2, 0) is 16.6 Å². The molecule has 0 amide bonds. The molecule has 0 bridgehead atoms. The van der Waals surface area contributed by atoms with E-state index >= 15 is 0 Å². The first-order chi connectivity index (χ1) is 8.53. The van der Waals surface area contributed by atoms with Gasteiger partial charge in [-0.25, -0.2) is 8.42 Å². The average molecular weight is 349 g/mol. The highest BCUT2D eigenvalue weighted by Gasteiger charge is 2.19. The number of rotatable bonds is 4. The molecule has 0 fully saturated rings. The largest absolute Gasteiger partial charge is 0.326 e. The Morgan fingerprint density at radius 3 is 2.78 bits per heavy atom. The molecule has 6 nitrogen and oxygen atoms in total. The fraction of sp³-hybridized carbons (Fsp3) is 0.111. The molecule has 9 heteroatoms. The van der Waals surface area contributed by atoms with Gasteiger partial charge >= 0.3 is 0 Å². The van der Waals surface area contributed by atoms with Crippen LogP contribution in [0.4, 0.5) is 5.13 Å². The maximum atomic E-state index is 12.1. The Balaban J connectivity index is 2.35. The Morgan fingerprint density at radius 2 is 2.22 bits per heavy atom. The van der Waals surface area contributed by atoms with Crippen molar-refractivity contribution in [3.63, 3.8) is 0 Å². The zero-order valence-electron chi connectivity index (χ0n) is 9.00. The molecule has 0 saturated carbocycles. The smallest absolute Gasteiger partial charge is 0.264 e. The predicted octanol–water partition coefficient (Wildman–Crippen LogP) is 1.56. The molecule has 96 valence electrons. The van der Waals surface area contributed by atoms with E-state index in [1.165, 1.54) is 11.6 Å². The topological polar surface area (TPSA) is 98.0 Å². The molecular weight excluding hydrogens is 340 g/mol. The van der Waals surface area contributed by atoms with Crippen LogP contribution < -0.4 is 10.5 Å². The standard InChI is InChI=1S/C9H9BrN4O2S2/c10-7-3-6(4-11)1-2-8(7)18(15,16)14-9-13-12-5-17-9/h1-3,5H,4,11H2,(H,13,14). The first-order valence-corrected chi connectivity index (χ1v) is 7.96. The van der Waals surface area contributed by atoms with Crippen molar-refractivity contribution in [2.75, 3.05) is 4.72 Å². The number of hydrogen-bond donors (Lipinski definition) is 2. The molecule has 1 aromatic heterocycles. The number of halogens is 1. The van der Waals surface area contributed by atoms with Crippen molar-refractivity contribution >= 4 is 42.4 Å². The highest BCUT2D eigenvalue weighted by atomic mass is 79.9. The van der Waals surface area contributed by atoms with Crippen LogP contribution in [0, 0.1) is 0 Å². The van der Waals surface area contributed by atoms with Crippen LogP contribution in [0.5, 0.6) is 0 Å². The fourth-order valence-electron chi connectivity index (χ4n) is 1.28. The predicted molar refractivity (Wildman–Crippen MR) is 72.8 cm³/mol. The van der Waals surface area contributed by atoms with Gasteiger partial charge in [0.15, 0.2) is 0 Å². The van der Waals surface area contributed by atoms with Crippen molar-refractivity contribution in [3.8, 4) is 0 Å². The number of sulfonamides is 1. The summed E-state index contributed by atoms with van der Waals surface area (Å²) < 4.78 is 27.0. The Kier molecular flexibility index (Phi) is 3.95. The number of nitrogens with two attached hydrogens (primary N) is 1. The summed E-state index contributed by atoms with van der Waals surface area (Å²) in [4.78, 5) is 0.134. The molecule has 0 atom stereocenters. The summed E-state index contributed by atoms with van der Waals surface area (Å²) >= 11 is 4.33. The third-order valence-corrected chi connectivity index (χ3v) is 5.15. The van der Waals surface area contributed by atoms with Crippen LogP contribution in [0.3, 0.4) is 0 Å². The minimum absolute atomic E-state index is 0.134. The van der Waals surface area contributed by atoms with Crippen molar-refractivity contribution in [2.24, 2.45) is 5.73 Å². The second-order valence-electron chi connectivity index (χ2n) is 3.32. The minimum atomic E-state index is -3.67. The molecule has 1 heterocycles. The number of anilines is 1. The molecular formula is C9H9BrN4O2S2. The van der Waals surface area contributed by atoms with E-state index in [-0.39, 0.29) is 10.0 Å². The highest BCUT2D eigenvalue weighted by molar-refractivity contribution is 9.10. The van der Waals surface area contributed by atoms with E-state index in [0.29, 0.717) is 11.0 Å². The molecule has 1 aromatic carbocycles. The van der Waals surface area contributed by atoms with Crippen molar-refractivity contribution in [3.05, 3.63) is 33.7 Å². The van der Waals surface area contributed by atoms with Gasteiger partial charge in [0.05, 0.1) is 0 Å². The second-order valence-corrected chi connectivity index (χ2v) is 6.66. The number of nitrogens with one attached hydrogen (secondary N) is 1. The maximum Gasteiger partial charge on any atom is 0.264 e. The molecule has 0 aliphatic heterocycles. The van der Waals surface area contributed by atoms with Gasteiger partial charge in [-0.15, -0.1) is 10.2 Å². The Labute approximate surface area is 116 Å². The van der Waals surface area contributed by atoms with Crippen molar-refractivity contribution < 1.29 is 8.42 Å². The van der Waals surface area contributed by atoms with Gasteiger partial charge in [0, 0.05) is 11.0 Å². The van der Waals surface area contributed by atoms with E-state index in [0.717, 1.165) is 16.9 Å². The van der Waals surface area contributed by atoms with Gasteiger partial charge in [-0.3, -0.25) is 4.72 Å². The molecule has 0 spiro atoms. The van der Waals surface area contributed by atoms with Gasteiger partial charge in [0.25, 0.3) is 10.0 Å². The summed E-state index contributed by atoms with van der Waals surface area (Å²) in [6, 6.07) is 4.84. The van der Waals surface area contributed by atoms with E-state index in [1.54, 1.807) is 12.1 Å². The van der Waals surface area contributed by atoms with Crippen LogP contribution in [-0.4, -0.2) is 18.6 Å². The molecule has 18 heavy (non-hydrogen) atoms. The molecule has 3 N–H and O–H groups in total. The molecule has 2 rings (SSSR count). The normalized spacial score (nSPS) is 11.4. The molecule has 0 aliphatic carbocycles. The molecule has 0 saturated heterocycles. The highest BCUT2D eigenvalue weighted by Crippen LogP contribution is 2.25. The minimum Gasteiger partial charge on any atom is -0.326 e. The lowest BCUT2D eigenvalue weighted by molar-refractivity contribution is 0.600. The third kappa shape index (κ3) is 2.86. The van der Waals surface area contributed by atoms with Crippen LogP contribution in [0.1, 0.15) is 5.56 Å². The lowest BCUT2D eigenvalue weighted by Crippen LogP contribution is -2.13. The quantitative estimate of drug-likeness (QED) is 0.873. The first kappa shape index (κ1) is 13.4. The second kappa shape index (κ2) is 5.31. The van der Waals surface area contributed by atoms with Crippen LogP contribution in [0.2, 0.25) is 0 Å². The third-order valence-electron chi connectivity index (χ3n) is 2.10. The van der Waals surface area contributed by atoms with Gasteiger partial charge in [-0.1, -0.05) is 17.4 Å². The van der Waals surface area contributed by atoms with E-state index < -0.39 is 10.0 Å². The molecule has 0 radical (unpaired) electrons. The monoisotopic (exact) mass is 348 g/mol. The zero-order chi connectivity index (χ0) is 13.2. The van der Waals surface area contributed by atoms with Crippen molar-refractivity contribution in [1.82, 2.24) is 10.2 Å². The van der Waals surface area contributed by atoms with Crippen LogP contribution >= 0.6 is 27.3 Å². The van der Waals surface area contributed by atoms with Crippen LogP contribution in [0.25, 0.3) is 0 Å². The molecule has 0 aliphatic rings. The van der Waals surface area contributed by atoms with E-state index in [4.69, 9.17) is 5.73 Å². The van der Waals surface area contributed by atoms with Gasteiger partial charge in [-0.2, -0.15) is 0 Å². The summed E-state index contributed by atoms with van der Waals surface area (Å²) in [6.07, 6.45) is 0. The summed E-state index contributed by atoms with van der Waals surface area (Å²) in [5.74, 6) is 0. The Bertz CT molecular complexity index is 643. The number of benzene rings is 1. The lowest BCUT2D eigenvalue weighted by Gasteiger charge is -2.08. The fourth-order valence-corrected chi connectivity index (χ4v) is 4.10. The zero-order valence-corrected chi connectivity index (χ0v) is 12.2. The number of hydrogen-bond acceptors (Lipinski definition) is 6. The lowest BCUT2D eigenvalue weighted by atomic mass is 10.2. The Morgan fingerprint density at radius 1 is 1.44 bits per heavy atom. The number of aromatic nitrogens is 2. The molecule has 0 unspecified atom stereocenters. The summed E-state index contributed by atoms with van der Waals surface area (Å²) in [5.41, 5.74) is 7.78. The van der Waals surface area contributed by atoms with Gasteiger partial charge < -0.3 is 5.73 Å². The molecule has 2 aromatic rings. The maximum absolute atomic E-state index is 12.1. The van der Waals surface area contributed by atoms with Crippen LogP contribution in [0.15, 0.2) is 33.1 Å². The van der Waals surface area contributed by atoms with Crippen molar-refractivity contribution in [1.29, 1.82) is 0 Å². The summed E-state index contributed by atoms with van der Waals surface area (Å²) in [5, 5.41) is 7.42. The van der Waals surface area contributed by atoms with Crippen molar-refractivity contribution in [2.45, 2.75) is 11.4 Å². The van der Waals surface area contributed by atoms with Gasteiger partial charge in [-0.05, 0) is 33.6 Å². The van der Waals surface area contributed by atoms with E-state index in [2.05, 4.69) is 30.8 Å².